The van der Waals surface area contributed by atoms with Crippen LogP contribution in [0.1, 0.15) is 195 Å². The molecule has 3 aromatic rings. The number of unbranched alkanes of at least 4 members (excludes halogenated alkanes) is 1. The summed E-state index contributed by atoms with van der Waals surface area (Å²) in [6.07, 6.45) is -10.1. The van der Waals surface area contributed by atoms with Crippen LogP contribution < -0.4 is 43.0 Å². The lowest BCUT2D eigenvalue weighted by Crippen LogP contribution is -2.52. The number of aliphatic hydroxyl groups is 4. The van der Waals surface area contributed by atoms with E-state index in [1.165, 1.54) is 62.4 Å². The summed E-state index contributed by atoms with van der Waals surface area (Å²) in [4.78, 5) is 247. The van der Waals surface area contributed by atoms with Gasteiger partial charge in [-0.2, -0.15) is 0 Å². The first-order valence-corrected chi connectivity index (χ1v) is 41.6. The molecule has 0 bridgehead atoms. The van der Waals surface area contributed by atoms with Crippen LogP contribution in [0.15, 0.2) is 78.9 Å². The highest BCUT2D eigenvalue weighted by atomic mass is 16.4. The predicted molar refractivity (Wildman–Crippen MR) is 446 cm³/mol. The minimum atomic E-state index is -1.98. The van der Waals surface area contributed by atoms with Crippen molar-refractivity contribution in [1.29, 1.82) is 0 Å². The molecule has 35 heteroatoms. The summed E-state index contributed by atoms with van der Waals surface area (Å²) in [5, 5.41) is 111. The second-order valence-corrected chi connectivity index (χ2v) is 32.9. The van der Waals surface area contributed by atoms with E-state index in [2.05, 4.69) is 37.2 Å². The second-order valence-electron chi connectivity index (χ2n) is 32.9. The summed E-state index contributed by atoms with van der Waals surface area (Å²) in [5.74, 6) is -29.9. The van der Waals surface area contributed by atoms with E-state index in [0.717, 1.165) is 13.8 Å². The van der Waals surface area contributed by atoms with Crippen LogP contribution in [-0.4, -0.2) is 226 Å². The molecule has 0 aliphatic carbocycles. The molecule has 123 heavy (non-hydrogen) atoms. The van der Waals surface area contributed by atoms with Crippen molar-refractivity contribution in [3.8, 4) is 11.5 Å². The maximum atomic E-state index is 14.8. The molecule has 0 aromatic heterocycles. The van der Waals surface area contributed by atoms with Gasteiger partial charge in [-0.3, -0.25) is 86.3 Å². The van der Waals surface area contributed by atoms with E-state index in [-0.39, 0.29) is 67.5 Å². The lowest BCUT2D eigenvalue weighted by atomic mass is 9.78. The zero-order valence-electron chi connectivity index (χ0n) is 71.7. The van der Waals surface area contributed by atoms with Crippen LogP contribution in [-0.2, 0) is 106 Å². The molecular formula is C88H126N8O27. The number of hydrogen-bond acceptors (Lipinski definition) is 25. The number of phenols is 2. The third-order valence-corrected chi connectivity index (χ3v) is 21.9. The monoisotopic (exact) mass is 1730 g/mol. The number of rotatable bonds is 62. The number of Topliss-reactive ketones (excluding diaryl/α,β-unsaturated/α-hetero) is 8. The SMILES string of the molecule is CCC(=O)C(C)(C)C(=O)C[C@@H](CCC(=O)O)C(=O)NCC(=O)C[C@H](C(=O)N[C@@H](Cc1ccccc1)C(=O)C[C@H](C(=O)N[C@@H](CO)C(=O)C[C@@H](CC(=O)O)C(=O)N[C@@H](Cc1ccc(O)cc1)C(=O)C[C@@H](CO)C(=O)N[C@H](C(=O)C[C@@H](Cc1ccc(O)cc1)C(=O)N[C@@H](CC(C)C)C(=O)C[C@@H](CC(=O)O)C(=O)N[C@H](C)CCCCN)[C@@H](C)CC)[C@@H](C)O)[C@@H](C)O. The molecule has 680 valence electrons. The number of carboxylic acids is 3. The number of carbonyl (C=O) groups excluding carboxylic acids is 15. The van der Waals surface area contributed by atoms with Gasteiger partial charge in [-0.15, -0.1) is 0 Å². The number of carboxylic acid groups (broad SMARTS) is 3. The van der Waals surface area contributed by atoms with Crippen molar-refractivity contribution in [2.45, 2.75) is 246 Å². The normalized spacial score (nSPS) is 15.4. The Balaban J connectivity index is 1.93. The highest BCUT2D eigenvalue weighted by Gasteiger charge is 2.42. The highest BCUT2D eigenvalue weighted by molar-refractivity contribution is 6.07. The van der Waals surface area contributed by atoms with Gasteiger partial charge in [0.15, 0.2) is 34.7 Å². The molecule has 18 N–H and O–H groups in total. The van der Waals surface area contributed by atoms with Crippen LogP contribution in [0.5, 0.6) is 11.5 Å². The van der Waals surface area contributed by atoms with Crippen molar-refractivity contribution in [2.24, 2.45) is 64.4 Å². The number of aliphatic hydroxyl groups excluding tert-OH is 4. The fraction of sp³-hybridized carbons (Fsp3) is 0.591. The third kappa shape index (κ3) is 37.4. The number of hydrogen-bond donors (Lipinski definition) is 17. The van der Waals surface area contributed by atoms with E-state index in [9.17, 15) is 132 Å². The Hall–Kier alpha value is -10.9. The number of aromatic hydroxyl groups is 2. The molecule has 3 aromatic carbocycles. The molecule has 0 radical (unpaired) electrons. The van der Waals surface area contributed by atoms with Gasteiger partial charge in [-0.1, -0.05) is 102 Å². The Kier molecular flexibility index (Phi) is 46.0. The molecule has 0 aliphatic heterocycles. The first-order chi connectivity index (χ1) is 57.8. The van der Waals surface area contributed by atoms with Gasteiger partial charge in [0.25, 0.3) is 0 Å². The van der Waals surface area contributed by atoms with E-state index in [1.807, 2.05) is 0 Å². The number of ketones is 8. The van der Waals surface area contributed by atoms with Crippen molar-refractivity contribution in [1.82, 2.24) is 37.2 Å². The average Bonchev–Trinajstić information content (AvgIpc) is 0.845. The molecule has 35 nitrogen and oxygen atoms in total. The van der Waals surface area contributed by atoms with E-state index in [0.29, 0.717) is 36.9 Å². The molecule has 0 fully saturated rings. The summed E-state index contributed by atoms with van der Waals surface area (Å²) in [7, 11) is 0. The number of phenolic OH excluding ortho intramolecular Hbond substituents is 2. The molecular weight excluding hydrogens is 1600 g/mol. The smallest absolute Gasteiger partial charge is 0.304 e. The largest absolute Gasteiger partial charge is 0.508 e. The molecule has 0 spiro atoms. The topological polar surface area (TPSA) is 600 Å². The number of carbonyl (C=O) groups is 18. The Morgan fingerprint density at radius 2 is 0.854 bits per heavy atom. The molecule has 7 amide bonds. The summed E-state index contributed by atoms with van der Waals surface area (Å²) in [5.41, 5.74) is 5.27. The summed E-state index contributed by atoms with van der Waals surface area (Å²) in [6.45, 7) is 12.5. The van der Waals surface area contributed by atoms with Gasteiger partial charge in [0.05, 0.1) is 104 Å². The van der Waals surface area contributed by atoms with E-state index in [1.54, 1.807) is 71.9 Å². The average molecular weight is 1730 g/mol. The molecule has 0 saturated heterocycles. The minimum absolute atomic E-state index is 0.00193. The lowest BCUT2D eigenvalue weighted by molar-refractivity contribution is -0.143. The fourth-order valence-electron chi connectivity index (χ4n) is 13.9. The molecule has 0 unspecified atom stereocenters. The number of aliphatic carboxylic acids is 3. The number of nitrogens with two attached hydrogens (primary N) is 1. The van der Waals surface area contributed by atoms with Gasteiger partial charge >= 0.3 is 17.9 Å². The van der Waals surface area contributed by atoms with E-state index in [4.69, 9.17) is 5.73 Å². The summed E-state index contributed by atoms with van der Waals surface area (Å²) < 4.78 is 0. The standard InChI is InChI=1S/C88H126N8O27/c1-11-49(5)80(74(108)38-57(33-54-21-26-61(101)27-22-54)83(119)92-66(32-48(3)4)70(104)36-58(41-78(113)114)82(118)91-50(6)18-16-17-31-89)96-85(121)60(46-97)39-71(105)67(35-55-23-28-62(102)29-24-55)93-84(120)59(42-79(115)116)37-72(106)69(47-98)95-87(123)65(52(8)100)44-73(107)68(34-53-19-14-13-15-20-53)94-86(122)64(51(7)99)43-63(103)45-90-81(117)56(25-30-77(111)112)40-76(110)88(9,10)75(109)12-2/h13-15,19-24,26-29,48-52,56-60,64-69,80,97-102H,11-12,16-18,25,30-47,89H2,1-10H3,(H,90,117)(H,91,118)(H,92,119)(H,93,120)(H,94,122)(H,95,123)(H,96,121)(H,111,112)(H,113,114)(H,115,116)/t49-,50+,51+,52+,56+,57+,58-,59-,60-,64-,65-,66-,67-,68-,69-,80-/m0/s1. The quantitative estimate of drug-likeness (QED) is 0.0285. The van der Waals surface area contributed by atoms with Crippen molar-refractivity contribution < 1.29 is 132 Å². The maximum Gasteiger partial charge on any atom is 0.304 e. The van der Waals surface area contributed by atoms with Crippen molar-refractivity contribution in [3.05, 3.63) is 95.6 Å². The van der Waals surface area contributed by atoms with Crippen molar-refractivity contribution in [2.75, 3.05) is 26.3 Å². The molecule has 0 saturated carbocycles. The van der Waals surface area contributed by atoms with Crippen LogP contribution in [0, 0.1) is 58.7 Å². The van der Waals surface area contributed by atoms with E-state index >= 15 is 0 Å². The molecule has 0 aliphatic rings. The zero-order valence-corrected chi connectivity index (χ0v) is 71.7. The van der Waals surface area contributed by atoms with Crippen molar-refractivity contribution >= 4 is 106 Å². The molecule has 16 atom stereocenters. The Bertz CT molecular complexity index is 4090. The Morgan fingerprint density at radius 3 is 1.33 bits per heavy atom. The third-order valence-electron chi connectivity index (χ3n) is 21.9. The van der Waals surface area contributed by atoms with Gasteiger partial charge in [0, 0.05) is 75.7 Å². The Morgan fingerprint density at radius 1 is 0.415 bits per heavy atom. The van der Waals surface area contributed by atoms with Crippen LogP contribution >= 0.6 is 0 Å². The highest BCUT2D eigenvalue weighted by Crippen LogP contribution is 2.29. The summed E-state index contributed by atoms with van der Waals surface area (Å²) >= 11 is 0. The van der Waals surface area contributed by atoms with Gasteiger partial charge < -0.3 is 88.9 Å². The van der Waals surface area contributed by atoms with Gasteiger partial charge in [-0.05, 0) is 139 Å². The van der Waals surface area contributed by atoms with Crippen LogP contribution in [0.2, 0.25) is 0 Å². The van der Waals surface area contributed by atoms with Crippen molar-refractivity contribution in [3.63, 3.8) is 0 Å². The number of nitrogens with one attached hydrogen (secondary N) is 7. The number of benzene rings is 3. The fourth-order valence-corrected chi connectivity index (χ4v) is 13.9. The number of amides is 7. The lowest BCUT2D eigenvalue weighted by Gasteiger charge is -2.28. The first-order valence-electron chi connectivity index (χ1n) is 41.6. The Labute approximate surface area is 715 Å². The second kappa shape index (κ2) is 53.2. The predicted octanol–water partition coefficient (Wildman–Crippen LogP) is 2.99. The van der Waals surface area contributed by atoms with Crippen LogP contribution in [0.3, 0.4) is 0 Å². The maximum absolute atomic E-state index is 14.8. The van der Waals surface area contributed by atoms with Crippen LogP contribution in [0.25, 0.3) is 0 Å². The summed E-state index contributed by atoms with van der Waals surface area (Å²) in [6, 6.07) is 10.5. The molecule has 0 heterocycles. The van der Waals surface area contributed by atoms with Gasteiger partial charge in [0.2, 0.25) is 41.4 Å². The van der Waals surface area contributed by atoms with Crippen LogP contribution in [0.4, 0.5) is 0 Å². The van der Waals surface area contributed by atoms with E-state index < -0.39 is 291 Å². The zero-order chi connectivity index (χ0) is 92.7. The van der Waals surface area contributed by atoms with Gasteiger partial charge in [0.1, 0.15) is 29.1 Å². The molecule has 3 rings (SSSR count). The minimum Gasteiger partial charge on any atom is -0.508 e. The first kappa shape index (κ1) is 106. The van der Waals surface area contributed by atoms with Gasteiger partial charge in [-0.25, -0.2) is 0 Å².